The number of esters is 1. The zero-order valence-electron chi connectivity index (χ0n) is 12.2. The van der Waals surface area contributed by atoms with Crippen molar-refractivity contribution in [2.24, 2.45) is 0 Å². The molecule has 0 bridgehead atoms. The third-order valence-electron chi connectivity index (χ3n) is 4.28. The van der Waals surface area contributed by atoms with E-state index in [0.717, 1.165) is 12.0 Å². The van der Waals surface area contributed by atoms with Gasteiger partial charge in [-0.3, -0.25) is 4.79 Å². The molecule has 1 aromatic rings. The lowest BCUT2D eigenvalue weighted by Gasteiger charge is -2.30. The zero-order valence-corrected chi connectivity index (χ0v) is 13.1. The fourth-order valence-electron chi connectivity index (χ4n) is 3.04. The van der Waals surface area contributed by atoms with Gasteiger partial charge in [-0.05, 0) is 25.8 Å². The van der Waals surface area contributed by atoms with Crippen LogP contribution in [0.5, 0.6) is 0 Å². The Kier molecular flexibility index (Phi) is 3.69. The molecule has 0 spiro atoms. The number of nitrogens with zero attached hydrogens (tertiary/aromatic N) is 1. The van der Waals surface area contributed by atoms with Crippen LogP contribution in [0.25, 0.3) is 0 Å². The first-order chi connectivity index (χ1) is 10.0. The summed E-state index contributed by atoms with van der Waals surface area (Å²) in [5.74, 6) is 0.400. The first kappa shape index (κ1) is 14.4. The largest absolute Gasteiger partial charge is 0.456 e. The van der Waals surface area contributed by atoms with Crippen molar-refractivity contribution < 1.29 is 14.3 Å². The maximum atomic E-state index is 12.4. The summed E-state index contributed by atoms with van der Waals surface area (Å²) < 4.78 is 5.58. The van der Waals surface area contributed by atoms with Gasteiger partial charge in [-0.25, -0.2) is 4.79 Å². The Hall–Kier alpha value is -1.49. The second-order valence-electron chi connectivity index (χ2n) is 5.76. The van der Waals surface area contributed by atoms with Crippen molar-refractivity contribution in [1.29, 1.82) is 0 Å². The third kappa shape index (κ3) is 2.55. The average molecular weight is 305 g/mol. The van der Waals surface area contributed by atoms with E-state index in [1.165, 1.54) is 0 Å². The topological polar surface area (TPSA) is 46.6 Å². The third-order valence-corrected chi connectivity index (χ3v) is 5.78. The van der Waals surface area contributed by atoms with Gasteiger partial charge in [-0.2, -0.15) is 0 Å². The van der Waals surface area contributed by atoms with Gasteiger partial charge in [0.05, 0.1) is 4.87 Å². The van der Waals surface area contributed by atoms with Crippen LogP contribution < -0.4 is 0 Å². The molecule has 3 rings (SSSR count). The smallest absolute Gasteiger partial charge is 0.330 e. The lowest BCUT2D eigenvalue weighted by atomic mass is 10.1. The molecule has 2 saturated heterocycles. The molecular weight excluding hydrogens is 286 g/mol. The Bertz CT molecular complexity index is 562. The molecule has 0 radical (unpaired) electrons. The van der Waals surface area contributed by atoms with E-state index in [2.05, 4.69) is 0 Å². The molecule has 5 heteroatoms. The number of carbonyl (C=O) groups excluding carboxylic acids is 2. The molecule has 2 fully saturated rings. The molecule has 3 atom stereocenters. The second kappa shape index (κ2) is 5.37. The van der Waals surface area contributed by atoms with Crippen LogP contribution in [0.15, 0.2) is 30.3 Å². The molecule has 4 nitrogen and oxygen atoms in total. The van der Waals surface area contributed by atoms with Crippen LogP contribution >= 0.6 is 11.8 Å². The van der Waals surface area contributed by atoms with Crippen LogP contribution in [0.1, 0.15) is 38.4 Å². The van der Waals surface area contributed by atoms with Gasteiger partial charge < -0.3 is 9.64 Å². The summed E-state index contributed by atoms with van der Waals surface area (Å²) in [5, 5.41) is 0. The fourth-order valence-corrected chi connectivity index (χ4v) is 4.46. The van der Waals surface area contributed by atoms with Crippen LogP contribution in [0.4, 0.5) is 0 Å². The van der Waals surface area contributed by atoms with Crippen LogP contribution in [0, 0.1) is 0 Å². The fraction of sp³-hybridized carbons (Fsp3) is 0.500. The van der Waals surface area contributed by atoms with Gasteiger partial charge in [0.1, 0.15) is 12.1 Å². The normalized spacial score (nSPS) is 29.3. The molecule has 21 heavy (non-hydrogen) atoms. The second-order valence-corrected chi connectivity index (χ2v) is 7.26. The molecule has 2 heterocycles. The molecule has 112 valence electrons. The number of hydrogen-bond donors (Lipinski definition) is 0. The molecule has 1 amide bonds. The van der Waals surface area contributed by atoms with Crippen LogP contribution in [-0.4, -0.2) is 33.4 Å². The minimum atomic E-state index is -0.443. The molecule has 2 aliphatic heterocycles. The average Bonchev–Trinajstić information content (AvgIpc) is 2.97. The highest BCUT2D eigenvalue weighted by Crippen LogP contribution is 2.47. The molecule has 0 saturated carbocycles. The molecule has 0 N–H and O–H groups in total. The number of carbonyl (C=O) groups is 2. The van der Waals surface area contributed by atoms with Gasteiger partial charge >= 0.3 is 5.97 Å². The summed E-state index contributed by atoms with van der Waals surface area (Å²) in [6.45, 7) is 3.90. The Morgan fingerprint density at radius 1 is 1.43 bits per heavy atom. The highest BCUT2D eigenvalue weighted by atomic mass is 32.2. The molecular formula is C16H19NO3S. The molecule has 0 aromatic heterocycles. The van der Waals surface area contributed by atoms with Crippen molar-refractivity contribution >= 4 is 23.6 Å². The van der Waals surface area contributed by atoms with E-state index in [1.54, 1.807) is 16.7 Å². The Balaban J connectivity index is 1.70. The zero-order chi connectivity index (χ0) is 15.0. The van der Waals surface area contributed by atoms with E-state index < -0.39 is 6.04 Å². The minimum Gasteiger partial charge on any atom is -0.456 e. The highest BCUT2D eigenvalue weighted by molar-refractivity contribution is 8.01. The summed E-state index contributed by atoms with van der Waals surface area (Å²) in [4.78, 5) is 26.0. The first-order valence-electron chi connectivity index (χ1n) is 7.23. The van der Waals surface area contributed by atoms with Crippen molar-refractivity contribution in [3.05, 3.63) is 35.9 Å². The van der Waals surface area contributed by atoms with Crippen LogP contribution in [0.2, 0.25) is 0 Å². The summed E-state index contributed by atoms with van der Waals surface area (Å²) in [6.07, 6.45) is 1.05. The minimum absolute atomic E-state index is 0.0665. The molecule has 2 aliphatic rings. The SMILES string of the molecule is CC(OC(=O)C1CSC2(C)CCC(=O)N12)c1ccccc1. The van der Waals surface area contributed by atoms with Gasteiger partial charge in [0.25, 0.3) is 0 Å². The summed E-state index contributed by atoms with van der Waals surface area (Å²) in [5.41, 5.74) is 0.965. The number of rotatable bonds is 3. The Labute approximate surface area is 128 Å². The van der Waals surface area contributed by atoms with E-state index >= 15 is 0 Å². The summed E-state index contributed by atoms with van der Waals surface area (Å²) in [6, 6.07) is 9.21. The predicted octanol–water partition coefficient (Wildman–Crippen LogP) is 2.74. The summed E-state index contributed by atoms with van der Waals surface area (Å²) >= 11 is 1.68. The van der Waals surface area contributed by atoms with Gasteiger partial charge in [0.15, 0.2) is 0 Å². The quantitative estimate of drug-likeness (QED) is 0.806. The van der Waals surface area contributed by atoms with Crippen molar-refractivity contribution in [2.75, 3.05) is 5.75 Å². The Morgan fingerprint density at radius 3 is 2.86 bits per heavy atom. The van der Waals surface area contributed by atoms with Crippen LogP contribution in [-0.2, 0) is 14.3 Å². The first-order valence-corrected chi connectivity index (χ1v) is 8.21. The Morgan fingerprint density at radius 2 is 2.14 bits per heavy atom. The van der Waals surface area contributed by atoms with Crippen molar-refractivity contribution in [3.8, 4) is 0 Å². The van der Waals surface area contributed by atoms with Gasteiger partial charge in [-0.15, -0.1) is 11.8 Å². The predicted molar refractivity (Wildman–Crippen MR) is 81.7 cm³/mol. The van der Waals surface area contributed by atoms with Gasteiger partial charge in [-0.1, -0.05) is 30.3 Å². The molecule has 3 unspecified atom stereocenters. The lowest BCUT2D eigenvalue weighted by molar-refractivity contribution is -0.157. The molecule has 0 aliphatic carbocycles. The number of amides is 1. The van der Waals surface area contributed by atoms with Crippen molar-refractivity contribution in [3.63, 3.8) is 0 Å². The van der Waals surface area contributed by atoms with Gasteiger partial charge in [0, 0.05) is 12.2 Å². The summed E-state index contributed by atoms with van der Waals surface area (Å²) in [7, 11) is 0. The van der Waals surface area contributed by atoms with E-state index in [1.807, 2.05) is 44.2 Å². The number of benzene rings is 1. The highest BCUT2D eigenvalue weighted by Gasteiger charge is 2.53. The van der Waals surface area contributed by atoms with Gasteiger partial charge in [0.2, 0.25) is 5.91 Å². The van der Waals surface area contributed by atoms with E-state index in [4.69, 9.17) is 4.74 Å². The molecule has 1 aromatic carbocycles. The maximum Gasteiger partial charge on any atom is 0.330 e. The number of ether oxygens (including phenoxy) is 1. The van der Waals surface area contributed by atoms with Crippen molar-refractivity contribution in [2.45, 2.75) is 43.7 Å². The number of hydrogen-bond acceptors (Lipinski definition) is 4. The van der Waals surface area contributed by atoms with E-state index in [-0.39, 0.29) is 22.9 Å². The van der Waals surface area contributed by atoms with Crippen LogP contribution in [0.3, 0.4) is 0 Å². The number of fused-ring (bicyclic) bond motifs is 1. The monoisotopic (exact) mass is 305 g/mol. The van der Waals surface area contributed by atoms with Crippen molar-refractivity contribution in [1.82, 2.24) is 4.90 Å². The number of thioether (sulfide) groups is 1. The lowest BCUT2D eigenvalue weighted by Crippen LogP contribution is -2.46. The standard InChI is InChI=1S/C16H19NO3S/c1-11(12-6-4-3-5-7-12)20-15(19)13-10-21-16(2)9-8-14(18)17(13)16/h3-7,11,13H,8-10H2,1-2H3. The maximum absolute atomic E-state index is 12.4. The van der Waals surface area contributed by atoms with E-state index in [9.17, 15) is 9.59 Å². The van der Waals surface area contributed by atoms with E-state index in [0.29, 0.717) is 12.2 Å².